The summed E-state index contributed by atoms with van der Waals surface area (Å²) in [6.07, 6.45) is 2.99. The number of hydrogen-bond acceptors (Lipinski definition) is 4. The molecule has 1 amide bonds. The van der Waals surface area contributed by atoms with Crippen molar-refractivity contribution in [2.24, 2.45) is 5.92 Å². The molecule has 0 aromatic heterocycles. The molecular formula is C17H23NO4. The molecule has 0 saturated carbocycles. The van der Waals surface area contributed by atoms with E-state index in [-0.39, 0.29) is 12.5 Å². The van der Waals surface area contributed by atoms with Crippen molar-refractivity contribution in [1.29, 1.82) is 0 Å². The van der Waals surface area contributed by atoms with Gasteiger partial charge in [-0.15, -0.1) is 0 Å². The van der Waals surface area contributed by atoms with E-state index in [1.54, 1.807) is 12.0 Å². The highest BCUT2D eigenvalue weighted by Gasteiger charge is 2.23. The van der Waals surface area contributed by atoms with Gasteiger partial charge in [0.1, 0.15) is 5.75 Å². The van der Waals surface area contributed by atoms with Crippen molar-refractivity contribution in [3.05, 3.63) is 29.8 Å². The van der Waals surface area contributed by atoms with Crippen LogP contribution in [0.25, 0.3) is 0 Å². The zero-order valence-electron chi connectivity index (χ0n) is 13.2. The predicted octanol–water partition coefficient (Wildman–Crippen LogP) is 2.04. The van der Waals surface area contributed by atoms with Gasteiger partial charge in [0.25, 0.3) is 5.91 Å². The molecular weight excluding hydrogens is 282 g/mol. The highest BCUT2D eigenvalue weighted by Crippen LogP contribution is 2.23. The molecule has 1 heterocycles. The number of carbonyl (C=O) groups excluding carboxylic acids is 2. The maximum absolute atomic E-state index is 11.9. The van der Waals surface area contributed by atoms with E-state index in [2.05, 4.69) is 12.1 Å². The van der Waals surface area contributed by atoms with Crippen LogP contribution in [0.3, 0.4) is 0 Å². The standard InChI is InChI=1S/C17H23NO4/c1-13(19)22-12-17(20)18-9-7-15(8-10-18)11-14-3-5-16(21-2)6-4-14/h3-6,15H,7-12H2,1-2H3. The number of rotatable bonds is 5. The van der Waals surface area contributed by atoms with E-state index in [0.717, 1.165) is 38.1 Å². The van der Waals surface area contributed by atoms with Crippen molar-refractivity contribution < 1.29 is 19.1 Å². The van der Waals surface area contributed by atoms with E-state index in [1.165, 1.54) is 12.5 Å². The maximum atomic E-state index is 11.9. The third-order valence-corrected chi connectivity index (χ3v) is 4.05. The second kappa shape index (κ2) is 7.82. The molecule has 5 heteroatoms. The molecule has 1 aromatic carbocycles. The van der Waals surface area contributed by atoms with Gasteiger partial charge in [-0.25, -0.2) is 0 Å². The molecule has 0 radical (unpaired) electrons. The Balaban J connectivity index is 1.76. The van der Waals surface area contributed by atoms with Crippen LogP contribution in [0.15, 0.2) is 24.3 Å². The van der Waals surface area contributed by atoms with Crippen LogP contribution in [0.4, 0.5) is 0 Å². The minimum absolute atomic E-state index is 0.0990. The Morgan fingerprint density at radius 3 is 2.36 bits per heavy atom. The molecule has 0 atom stereocenters. The molecule has 22 heavy (non-hydrogen) atoms. The fourth-order valence-corrected chi connectivity index (χ4v) is 2.74. The zero-order chi connectivity index (χ0) is 15.9. The summed E-state index contributed by atoms with van der Waals surface area (Å²) in [5.74, 6) is 0.946. The highest BCUT2D eigenvalue weighted by molar-refractivity contribution is 5.80. The first kappa shape index (κ1) is 16.3. The normalized spacial score (nSPS) is 15.5. The molecule has 0 bridgehead atoms. The van der Waals surface area contributed by atoms with E-state index >= 15 is 0 Å². The fourth-order valence-electron chi connectivity index (χ4n) is 2.74. The van der Waals surface area contributed by atoms with Crippen molar-refractivity contribution in [3.8, 4) is 5.75 Å². The van der Waals surface area contributed by atoms with Gasteiger partial charge in [-0.05, 0) is 42.9 Å². The average Bonchev–Trinajstić information content (AvgIpc) is 2.54. The van der Waals surface area contributed by atoms with Crippen molar-refractivity contribution in [2.75, 3.05) is 26.8 Å². The molecule has 1 aromatic rings. The number of nitrogens with zero attached hydrogens (tertiary/aromatic N) is 1. The molecule has 2 rings (SSSR count). The van der Waals surface area contributed by atoms with Crippen LogP contribution in [0.1, 0.15) is 25.3 Å². The summed E-state index contributed by atoms with van der Waals surface area (Å²) in [5, 5.41) is 0. The number of piperidine rings is 1. The van der Waals surface area contributed by atoms with Crippen LogP contribution in [0.2, 0.25) is 0 Å². The summed E-state index contributed by atoms with van der Waals surface area (Å²) < 4.78 is 9.92. The number of benzene rings is 1. The SMILES string of the molecule is COc1ccc(CC2CCN(C(=O)COC(C)=O)CC2)cc1. The van der Waals surface area contributed by atoms with Crippen molar-refractivity contribution in [2.45, 2.75) is 26.2 Å². The minimum Gasteiger partial charge on any atom is -0.497 e. The Bertz CT molecular complexity index is 504. The lowest BCUT2D eigenvalue weighted by atomic mass is 9.90. The van der Waals surface area contributed by atoms with Gasteiger partial charge in [0.05, 0.1) is 7.11 Å². The first-order valence-electron chi connectivity index (χ1n) is 7.62. The van der Waals surface area contributed by atoms with Gasteiger partial charge in [0.2, 0.25) is 0 Å². The number of ether oxygens (including phenoxy) is 2. The Morgan fingerprint density at radius 1 is 1.18 bits per heavy atom. The predicted molar refractivity (Wildman–Crippen MR) is 82.6 cm³/mol. The summed E-state index contributed by atoms with van der Waals surface area (Å²) in [6, 6.07) is 8.15. The van der Waals surface area contributed by atoms with Crippen LogP contribution in [0, 0.1) is 5.92 Å². The number of methoxy groups -OCH3 is 1. The Hall–Kier alpha value is -2.04. The minimum atomic E-state index is -0.414. The summed E-state index contributed by atoms with van der Waals surface area (Å²) in [6.45, 7) is 2.65. The van der Waals surface area contributed by atoms with Crippen LogP contribution in [0.5, 0.6) is 5.75 Å². The lowest BCUT2D eigenvalue weighted by molar-refractivity contribution is -0.150. The molecule has 1 aliphatic heterocycles. The van der Waals surface area contributed by atoms with Gasteiger partial charge in [-0.1, -0.05) is 12.1 Å². The zero-order valence-corrected chi connectivity index (χ0v) is 13.2. The number of likely N-dealkylation sites (tertiary alicyclic amines) is 1. The van der Waals surface area contributed by atoms with Crippen molar-refractivity contribution in [1.82, 2.24) is 4.90 Å². The second-order valence-electron chi connectivity index (χ2n) is 5.66. The lowest BCUT2D eigenvalue weighted by Gasteiger charge is -2.32. The van der Waals surface area contributed by atoms with E-state index in [1.807, 2.05) is 12.1 Å². The smallest absolute Gasteiger partial charge is 0.303 e. The monoisotopic (exact) mass is 305 g/mol. The van der Waals surface area contributed by atoms with Gasteiger partial charge in [0, 0.05) is 20.0 Å². The van der Waals surface area contributed by atoms with Gasteiger partial charge in [0.15, 0.2) is 6.61 Å². The summed E-state index contributed by atoms with van der Waals surface area (Å²) in [7, 11) is 1.66. The van der Waals surface area contributed by atoms with E-state index in [4.69, 9.17) is 9.47 Å². The molecule has 0 spiro atoms. The van der Waals surface area contributed by atoms with Crippen LogP contribution >= 0.6 is 0 Å². The quantitative estimate of drug-likeness (QED) is 0.781. The van der Waals surface area contributed by atoms with Crippen LogP contribution in [-0.4, -0.2) is 43.6 Å². The Labute approximate surface area is 131 Å². The van der Waals surface area contributed by atoms with Gasteiger partial charge in [-0.2, -0.15) is 0 Å². The second-order valence-corrected chi connectivity index (χ2v) is 5.66. The van der Waals surface area contributed by atoms with E-state index in [0.29, 0.717) is 5.92 Å². The first-order valence-corrected chi connectivity index (χ1v) is 7.62. The van der Waals surface area contributed by atoms with Gasteiger partial charge < -0.3 is 14.4 Å². The summed E-state index contributed by atoms with van der Waals surface area (Å²) >= 11 is 0. The summed E-state index contributed by atoms with van der Waals surface area (Å²) in [4.78, 5) is 24.4. The van der Waals surface area contributed by atoms with Gasteiger partial charge >= 0.3 is 5.97 Å². The topological polar surface area (TPSA) is 55.8 Å². The molecule has 0 N–H and O–H groups in total. The van der Waals surface area contributed by atoms with E-state index < -0.39 is 5.97 Å². The Morgan fingerprint density at radius 2 is 1.82 bits per heavy atom. The number of amides is 1. The maximum Gasteiger partial charge on any atom is 0.303 e. The third-order valence-electron chi connectivity index (χ3n) is 4.05. The van der Waals surface area contributed by atoms with Crippen molar-refractivity contribution >= 4 is 11.9 Å². The largest absolute Gasteiger partial charge is 0.497 e. The lowest BCUT2D eigenvalue weighted by Crippen LogP contribution is -2.41. The molecule has 5 nitrogen and oxygen atoms in total. The number of hydrogen-bond donors (Lipinski definition) is 0. The van der Waals surface area contributed by atoms with Crippen LogP contribution in [-0.2, 0) is 20.7 Å². The molecule has 0 unspecified atom stereocenters. The molecule has 0 aliphatic carbocycles. The molecule has 1 fully saturated rings. The van der Waals surface area contributed by atoms with Gasteiger partial charge in [-0.3, -0.25) is 9.59 Å². The summed E-state index contributed by atoms with van der Waals surface area (Å²) in [5.41, 5.74) is 1.30. The van der Waals surface area contributed by atoms with Crippen molar-refractivity contribution in [3.63, 3.8) is 0 Å². The fraction of sp³-hybridized carbons (Fsp3) is 0.529. The third kappa shape index (κ3) is 4.76. The molecule has 1 aliphatic rings. The number of carbonyl (C=O) groups is 2. The highest BCUT2D eigenvalue weighted by atomic mass is 16.5. The van der Waals surface area contributed by atoms with Crippen LogP contribution < -0.4 is 4.74 Å². The molecule has 120 valence electrons. The average molecular weight is 305 g/mol. The molecule has 1 saturated heterocycles. The Kier molecular flexibility index (Phi) is 5.81. The van der Waals surface area contributed by atoms with E-state index in [9.17, 15) is 9.59 Å². The number of esters is 1. The first-order chi connectivity index (χ1) is 10.6.